The molecule has 4 aromatic rings. The highest BCUT2D eigenvalue weighted by Gasteiger charge is 2.32. The molecule has 0 radical (unpaired) electrons. The van der Waals surface area contributed by atoms with E-state index in [0.29, 0.717) is 10.7 Å². The van der Waals surface area contributed by atoms with E-state index in [9.17, 15) is 9.90 Å². The molecular weight excluding hydrogens is 444 g/mol. The van der Waals surface area contributed by atoms with Gasteiger partial charge in [-0.3, -0.25) is 9.79 Å². The minimum absolute atomic E-state index is 0.126. The van der Waals surface area contributed by atoms with Crippen molar-refractivity contribution < 1.29 is 9.90 Å². The summed E-state index contributed by atoms with van der Waals surface area (Å²) in [6.07, 6.45) is 0. The summed E-state index contributed by atoms with van der Waals surface area (Å²) in [7, 11) is 1.77. The molecule has 1 aliphatic heterocycles. The highest BCUT2D eigenvalue weighted by atomic mass is 35.5. The standard InChI is InChI=1S/C29H23ClN2O2/c1-18-7-3-4-8-22(18)23-9-5-6-10-24(23)28-29(34)32(2)26-16-13-20(30)17-25(26)27(31-28)19-11-14-21(33)15-12-19/h3-17,28,33H,1-2H3. The number of aromatic hydroxyl groups is 1. The second-order valence-corrected chi connectivity index (χ2v) is 8.82. The maximum absolute atomic E-state index is 13.8. The third kappa shape index (κ3) is 3.87. The lowest BCUT2D eigenvalue weighted by atomic mass is 9.92. The minimum atomic E-state index is -0.754. The Morgan fingerprint density at radius 1 is 0.853 bits per heavy atom. The fourth-order valence-corrected chi connectivity index (χ4v) is 4.63. The number of phenols is 1. The van der Waals surface area contributed by atoms with Crippen LogP contribution in [0.25, 0.3) is 11.1 Å². The molecule has 4 nitrogen and oxygen atoms in total. The van der Waals surface area contributed by atoms with Crippen molar-refractivity contribution in [2.75, 3.05) is 11.9 Å². The van der Waals surface area contributed by atoms with Gasteiger partial charge in [0.2, 0.25) is 0 Å². The molecule has 1 aliphatic rings. The van der Waals surface area contributed by atoms with Gasteiger partial charge >= 0.3 is 0 Å². The first-order valence-electron chi connectivity index (χ1n) is 11.0. The van der Waals surface area contributed by atoms with Crippen LogP contribution in [0, 0.1) is 6.92 Å². The van der Waals surface area contributed by atoms with Crippen molar-refractivity contribution in [1.82, 2.24) is 0 Å². The van der Waals surface area contributed by atoms with Crippen molar-refractivity contribution in [1.29, 1.82) is 0 Å². The monoisotopic (exact) mass is 466 g/mol. The van der Waals surface area contributed by atoms with E-state index in [1.165, 1.54) is 0 Å². The van der Waals surface area contributed by atoms with Gasteiger partial charge in [0.1, 0.15) is 5.75 Å². The van der Waals surface area contributed by atoms with Gasteiger partial charge in [0.05, 0.1) is 11.4 Å². The number of likely N-dealkylation sites (N-methyl/N-ethyl adjacent to an activating group) is 1. The fourth-order valence-electron chi connectivity index (χ4n) is 4.45. The van der Waals surface area contributed by atoms with E-state index < -0.39 is 6.04 Å². The van der Waals surface area contributed by atoms with Crippen LogP contribution in [0.5, 0.6) is 5.75 Å². The number of benzodiazepines with no additional fused rings is 1. The SMILES string of the molecule is Cc1ccccc1-c1ccccc1C1N=C(c2ccc(O)cc2)c2cc(Cl)ccc2N(C)C1=O. The Hall–Kier alpha value is -3.89. The summed E-state index contributed by atoms with van der Waals surface area (Å²) in [6.45, 7) is 2.07. The number of halogens is 1. The van der Waals surface area contributed by atoms with E-state index in [1.54, 1.807) is 42.3 Å². The van der Waals surface area contributed by atoms with Crippen LogP contribution < -0.4 is 4.90 Å². The van der Waals surface area contributed by atoms with Crippen LogP contribution in [0.4, 0.5) is 5.69 Å². The molecule has 0 fully saturated rings. The molecule has 0 bridgehead atoms. The van der Waals surface area contributed by atoms with Crippen LogP contribution in [0.1, 0.15) is 28.3 Å². The van der Waals surface area contributed by atoms with E-state index >= 15 is 0 Å². The number of aliphatic imine (C=N–C) groups is 1. The fraction of sp³-hybridized carbons (Fsp3) is 0.103. The quantitative estimate of drug-likeness (QED) is 0.371. The Labute approximate surface area is 203 Å². The van der Waals surface area contributed by atoms with E-state index in [2.05, 4.69) is 19.1 Å². The molecule has 5 rings (SSSR count). The van der Waals surface area contributed by atoms with Gasteiger partial charge in [0.25, 0.3) is 5.91 Å². The predicted molar refractivity (Wildman–Crippen MR) is 138 cm³/mol. The highest BCUT2D eigenvalue weighted by molar-refractivity contribution is 6.32. The van der Waals surface area contributed by atoms with Crippen molar-refractivity contribution in [2.24, 2.45) is 4.99 Å². The lowest BCUT2D eigenvalue weighted by Crippen LogP contribution is -2.30. The molecule has 5 heteroatoms. The molecule has 0 spiro atoms. The zero-order valence-electron chi connectivity index (χ0n) is 18.9. The van der Waals surface area contributed by atoms with Crippen molar-refractivity contribution in [2.45, 2.75) is 13.0 Å². The van der Waals surface area contributed by atoms with Gasteiger partial charge in [0.15, 0.2) is 6.04 Å². The second kappa shape index (κ2) is 8.81. The molecule has 1 unspecified atom stereocenters. The molecule has 1 heterocycles. The summed E-state index contributed by atoms with van der Waals surface area (Å²) in [4.78, 5) is 20.6. The topological polar surface area (TPSA) is 52.9 Å². The van der Waals surface area contributed by atoms with Crippen molar-refractivity contribution >= 4 is 28.9 Å². The van der Waals surface area contributed by atoms with Gasteiger partial charge < -0.3 is 10.0 Å². The Morgan fingerprint density at radius 2 is 1.53 bits per heavy atom. The van der Waals surface area contributed by atoms with Gasteiger partial charge in [-0.25, -0.2) is 0 Å². The molecule has 1 amide bonds. The smallest absolute Gasteiger partial charge is 0.256 e. The Balaban J connectivity index is 1.77. The Morgan fingerprint density at radius 3 is 2.26 bits per heavy atom. The van der Waals surface area contributed by atoms with E-state index in [1.807, 2.05) is 48.5 Å². The van der Waals surface area contributed by atoms with Crippen LogP contribution in [0.15, 0.2) is 96.0 Å². The molecule has 34 heavy (non-hydrogen) atoms. The third-order valence-corrected chi connectivity index (χ3v) is 6.46. The van der Waals surface area contributed by atoms with Gasteiger partial charge in [-0.05, 0) is 71.6 Å². The van der Waals surface area contributed by atoms with Gasteiger partial charge in [0, 0.05) is 23.2 Å². The number of phenolic OH excluding ortho intramolecular Hbond substituents is 1. The molecule has 1 N–H and O–H groups in total. The summed E-state index contributed by atoms with van der Waals surface area (Å²) in [5.74, 6) is 0.0392. The van der Waals surface area contributed by atoms with Gasteiger partial charge in [-0.2, -0.15) is 0 Å². The lowest BCUT2D eigenvalue weighted by molar-refractivity contribution is -0.119. The first kappa shape index (κ1) is 21.9. The van der Waals surface area contributed by atoms with Crippen molar-refractivity contribution in [3.05, 3.63) is 118 Å². The van der Waals surface area contributed by atoms with Crippen LogP contribution in [0.3, 0.4) is 0 Å². The summed E-state index contributed by atoms with van der Waals surface area (Å²) in [5, 5.41) is 10.4. The zero-order chi connectivity index (χ0) is 23.8. The minimum Gasteiger partial charge on any atom is -0.508 e. The normalized spacial score (nSPS) is 15.5. The van der Waals surface area contributed by atoms with Crippen LogP contribution in [0.2, 0.25) is 5.02 Å². The number of fused-ring (bicyclic) bond motifs is 1. The predicted octanol–water partition coefficient (Wildman–Crippen LogP) is 6.58. The molecule has 0 saturated heterocycles. The summed E-state index contributed by atoms with van der Waals surface area (Å²) < 4.78 is 0. The number of nitrogens with zero attached hydrogens (tertiary/aromatic N) is 2. The van der Waals surface area contributed by atoms with E-state index in [0.717, 1.165) is 39.1 Å². The van der Waals surface area contributed by atoms with Crippen LogP contribution in [-0.2, 0) is 4.79 Å². The number of carbonyl (C=O) groups excluding carboxylic acids is 1. The number of hydrogen-bond donors (Lipinski definition) is 1. The molecule has 168 valence electrons. The lowest BCUT2D eigenvalue weighted by Gasteiger charge is -2.22. The summed E-state index contributed by atoms with van der Waals surface area (Å²) >= 11 is 6.37. The molecule has 1 atom stereocenters. The first-order chi connectivity index (χ1) is 16.4. The summed E-state index contributed by atoms with van der Waals surface area (Å²) in [6, 6.07) is 27.6. The Kier molecular flexibility index (Phi) is 5.68. The maximum atomic E-state index is 13.8. The van der Waals surface area contributed by atoms with E-state index in [4.69, 9.17) is 16.6 Å². The van der Waals surface area contributed by atoms with Crippen molar-refractivity contribution in [3.8, 4) is 16.9 Å². The molecule has 0 aliphatic carbocycles. The number of rotatable bonds is 3. The maximum Gasteiger partial charge on any atom is 0.256 e. The van der Waals surface area contributed by atoms with Gasteiger partial charge in [-0.1, -0.05) is 60.1 Å². The van der Waals surface area contributed by atoms with Crippen LogP contribution in [-0.4, -0.2) is 23.8 Å². The van der Waals surface area contributed by atoms with Gasteiger partial charge in [-0.15, -0.1) is 0 Å². The largest absolute Gasteiger partial charge is 0.508 e. The number of aryl methyl sites for hydroxylation is 1. The average Bonchev–Trinajstić information content (AvgIpc) is 2.95. The number of carbonyl (C=O) groups is 1. The Bertz CT molecular complexity index is 1430. The zero-order valence-corrected chi connectivity index (χ0v) is 19.6. The highest BCUT2D eigenvalue weighted by Crippen LogP contribution is 2.38. The number of anilines is 1. The third-order valence-electron chi connectivity index (χ3n) is 6.23. The number of hydrogen-bond acceptors (Lipinski definition) is 3. The second-order valence-electron chi connectivity index (χ2n) is 8.39. The average molecular weight is 467 g/mol. The summed E-state index contributed by atoms with van der Waals surface area (Å²) in [5.41, 5.74) is 6.96. The van der Waals surface area contributed by atoms with Crippen LogP contribution >= 0.6 is 11.6 Å². The molecule has 0 aromatic heterocycles. The van der Waals surface area contributed by atoms with E-state index in [-0.39, 0.29) is 11.7 Å². The molecular formula is C29H23ClN2O2. The number of amides is 1. The molecule has 4 aromatic carbocycles. The van der Waals surface area contributed by atoms with Crippen molar-refractivity contribution in [3.63, 3.8) is 0 Å². The first-order valence-corrected chi connectivity index (χ1v) is 11.4. The number of benzene rings is 4. The molecule has 0 saturated carbocycles.